The summed E-state index contributed by atoms with van der Waals surface area (Å²) in [5.74, 6) is 0. The smallest absolute Gasteiger partial charge is 0.144 e. The first kappa shape index (κ1) is 26.3. The van der Waals surface area contributed by atoms with Crippen LogP contribution in [0.1, 0.15) is 0 Å². The van der Waals surface area contributed by atoms with Gasteiger partial charge in [-0.1, -0.05) is 109 Å². The number of hydrogen-bond donors (Lipinski definition) is 0. The molecule has 0 saturated heterocycles. The van der Waals surface area contributed by atoms with Crippen LogP contribution in [-0.4, -0.2) is 0 Å². The van der Waals surface area contributed by atoms with Gasteiger partial charge in [0.05, 0.1) is 10.4 Å². The molecule has 0 radical (unpaired) electrons. The lowest BCUT2D eigenvalue weighted by atomic mass is 9.97. The number of para-hydroxylation sites is 1. The van der Waals surface area contributed by atoms with Crippen LogP contribution >= 0.6 is 11.3 Å². The highest BCUT2D eigenvalue weighted by atomic mass is 32.1. The highest BCUT2D eigenvalue weighted by molar-refractivity contribution is 7.26. The minimum Gasteiger partial charge on any atom is -0.455 e. The van der Waals surface area contributed by atoms with Crippen LogP contribution in [0.15, 0.2) is 168 Å². The number of hydrogen-bond acceptors (Lipinski definition) is 3. The van der Waals surface area contributed by atoms with Crippen LogP contribution < -0.4 is 4.90 Å². The summed E-state index contributed by atoms with van der Waals surface area (Å²) in [6.07, 6.45) is 0. The van der Waals surface area contributed by atoms with E-state index in [2.05, 4.69) is 169 Å². The van der Waals surface area contributed by atoms with Crippen molar-refractivity contribution in [3.8, 4) is 11.1 Å². The predicted octanol–water partition coefficient (Wildman–Crippen LogP) is 13.4. The Morgan fingerprint density at radius 1 is 0.468 bits per heavy atom. The molecule has 0 atom stereocenters. The van der Waals surface area contributed by atoms with Gasteiger partial charge in [-0.2, -0.15) is 0 Å². The van der Waals surface area contributed by atoms with E-state index in [4.69, 9.17) is 4.42 Å². The van der Waals surface area contributed by atoms with Gasteiger partial charge in [0, 0.05) is 37.6 Å². The number of anilines is 3. The Kier molecular flexibility index (Phi) is 5.78. The SMILES string of the molecule is c1ccc(N(c2cccc(-c3cccc4ccccc34)c2)c2cccc3c2sc2ccc4c5cc6ccccc6cc5oc4c23)cc1. The van der Waals surface area contributed by atoms with E-state index in [9.17, 15) is 0 Å². The third kappa shape index (κ3) is 4.10. The van der Waals surface area contributed by atoms with Crippen molar-refractivity contribution in [3.05, 3.63) is 164 Å². The standard InChI is InChI=1S/C44H27NOS/c1-2-16-32(17-3-1)45(33-18-8-15-31(25-33)35-20-9-14-28-11-6-7-19-34(28)35)39-22-10-21-37-42-41(47-44(37)39)24-23-36-38-26-29-12-4-5-13-30(29)27-40(38)46-43(36)42/h1-27H. The number of rotatable bonds is 4. The summed E-state index contributed by atoms with van der Waals surface area (Å²) in [5.41, 5.74) is 7.71. The van der Waals surface area contributed by atoms with Crippen molar-refractivity contribution in [2.45, 2.75) is 0 Å². The molecule has 0 saturated carbocycles. The molecule has 8 aromatic carbocycles. The molecule has 0 aliphatic heterocycles. The van der Waals surface area contributed by atoms with Gasteiger partial charge in [-0.3, -0.25) is 0 Å². The van der Waals surface area contributed by atoms with Crippen LogP contribution in [0.5, 0.6) is 0 Å². The average molecular weight is 618 g/mol. The highest BCUT2D eigenvalue weighted by Gasteiger charge is 2.21. The first-order valence-electron chi connectivity index (χ1n) is 15.9. The van der Waals surface area contributed by atoms with Gasteiger partial charge in [0.25, 0.3) is 0 Å². The van der Waals surface area contributed by atoms with Crippen LogP contribution in [0.3, 0.4) is 0 Å². The van der Waals surface area contributed by atoms with Crippen molar-refractivity contribution in [1.29, 1.82) is 0 Å². The van der Waals surface area contributed by atoms with E-state index < -0.39 is 0 Å². The van der Waals surface area contributed by atoms with E-state index in [1.165, 1.54) is 52.8 Å². The summed E-state index contributed by atoms with van der Waals surface area (Å²) in [7, 11) is 0. The molecule has 2 nitrogen and oxygen atoms in total. The Morgan fingerprint density at radius 2 is 1.17 bits per heavy atom. The number of fused-ring (bicyclic) bond motifs is 9. The normalized spacial score (nSPS) is 11.8. The average Bonchev–Trinajstić information content (AvgIpc) is 3.69. The van der Waals surface area contributed by atoms with Gasteiger partial charge < -0.3 is 9.32 Å². The van der Waals surface area contributed by atoms with E-state index in [1.54, 1.807) is 0 Å². The molecule has 0 aliphatic rings. The Balaban J connectivity index is 1.21. The van der Waals surface area contributed by atoms with Gasteiger partial charge in [0.1, 0.15) is 11.2 Å². The number of benzene rings is 8. The summed E-state index contributed by atoms with van der Waals surface area (Å²) in [4.78, 5) is 2.40. The van der Waals surface area contributed by atoms with Gasteiger partial charge in [-0.25, -0.2) is 0 Å². The van der Waals surface area contributed by atoms with Crippen LogP contribution in [0.2, 0.25) is 0 Å². The monoisotopic (exact) mass is 617 g/mol. The third-order valence-corrected chi connectivity index (χ3v) is 10.6. The molecule has 0 unspecified atom stereocenters. The third-order valence-electron chi connectivity index (χ3n) is 9.41. The topological polar surface area (TPSA) is 16.4 Å². The molecule has 10 rings (SSSR count). The maximum Gasteiger partial charge on any atom is 0.144 e. The van der Waals surface area contributed by atoms with Crippen LogP contribution in [0.25, 0.3) is 74.8 Å². The molecule has 2 heterocycles. The molecule has 0 N–H and O–H groups in total. The molecular weight excluding hydrogens is 591 g/mol. The second-order valence-electron chi connectivity index (χ2n) is 12.1. The minimum absolute atomic E-state index is 0.929. The second kappa shape index (κ2) is 10.3. The number of furan rings is 1. The zero-order chi connectivity index (χ0) is 30.9. The summed E-state index contributed by atoms with van der Waals surface area (Å²) < 4.78 is 9.16. The zero-order valence-electron chi connectivity index (χ0n) is 25.4. The van der Waals surface area contributed by atoms with Gasteiger partial charge in [0.15, 0.2) is 0 Å². The lowest BCUT2D eigenvalue weighted by molar-refractivity contribution is 0.673. The fourth-order valence-electron chi connectivity index (χ4n) is 7.26. The minimum atomic E-state index is 0.929. The first-order valence-corrected chi connectivity index (χ1v) is 16.7. The van der Waals surface area contributed by atoms with Crippen molar-refractivity contribution >= 4 is 92.1 Å². The van der Waals surface area contributed by atoms with Gasteiger partial charge >= 0.3 is 0 Å². The molecule has 0 fully saturated rings. The van der Waals surface area contributed by atoms with Crippen LogP contribution in [-0.2, 0) is 0 Å². The summed E-state index contributed by atoms with van der Waals surface area (Å²) >= 11 is 1.83. The molecule has 10 aromatic rings. The highest BCUT2D eigenvalue weighted by Crippen LogP contribution is 2.48. The van der Waals surface area contributed by atoms with E-state index in [-0.39, 0.29) is 0 Å². The summed E-state index contributed by atoms with van der Waals surface area (Å²) in [5, 5.41) is 9.63. The fraction of sp³-hybridized carbons (Fsp3) is 0. The maximum atomic E-state index is 6.70. The Morgan fingerprint density at radius 3 is 2.06 bits per heavy atom. The molecule has 2 aromatic heterocycles. The molecule has 0 aliphatic carbocycles. The van der Waals surface area contributed by atoms with Crippen LogP contribution in [0, 0.1) is 0 Å². The Labute approximate surface area is 275 Å². The lowest BCUT2D eigenvalue weighted by Gasteiger charge is -2.26. The van der Waals surface area contributed by atoms with Gasteiger partial charge in [-0.05, 0) is 87.3 Å². The fourth-order valence-corrected chi connectivity index (χ4v) is 8.46. The molecule has 0 spiro atoms. The molecule has 0 bridgehead atoms. The van der Waals surface area contributed by atoms with E-state index in [0.717, 1.165) is 39.0 Å². The van der Waals surface area contributed by atoms with Crippen LogP contribution in [0.4, 0.5) is 17.1 Å². The summed E-state index contributed by atoms with van der Waals surface area (Å²) in [6.45, 7) is 0. The maximum absolute atomic E-state index is 6.70. The Hall–Kier alpha value is -5.90. The Bertz CT molecular complexity index is 2800. The quantitative estimate of drug-likeness (QED) is 0.195. The lowest BCUT2D eigenvalue weighted by Crippen LogP contribution is -2.10. The van der Waals surface area contributed by atoms with Crippen molar-refractivity contribution in [2.24, 2.45) is 0 Å². The van der Waals surface area contributed by atoms with E-state index in [0.29, 0.717) is 0 Å². The van der Waals surface area contributed by atoms with Crippen molar-refractivity contribution in [3.63, 3.8) is 0 Å². The van der Waals surface area contributed by atoms with Crippen molar-refractivity contribution < 1.29 is 4.42 Å². The van der Waals surface area contributed by atoms with Crippen molar-refractivity contribution in [2.75, 3.05) is 4.90 Å². The molecular formula is C44H27NOS. The first-order chi connectivity index (χ1) is 23.3. The molecule has 47 heavy (non-hydrogen) atoms. The summed E-state index contributed by atoms with van der Waals surface area (Å²) in [6, 6.07) is 58.9. The van der Waals surface area contributed by atoms with E-state index >= 15 is 0 Å². The van der Waals surface area contributed by atoms with E-state index in [1.807, 2.05) is 11.3 Å². The molecule has 3 heteroatoms. The predicted molar refractivity (Wildman–Crippen MR) is 202 cm³/mol. The zero-order valence-corrected chi connectivity index (χ0v) is 26.2. The number of nitrogens with zero attached hydrogens (tertiary/aromatic N) is 1. The van der Waals surface area contributed by atoms with Gasteiger partial charge in [0.2, 0.25) is 0 Å². The molecule has 0 amide bonds. The number of thiophene rings is 1. The largest absolute Gasteiger partial charge is 0.455 e. The second-order valence-corrected chi connectivity index (χ2v) is 13.2. The van der Waals surface area contributed by atoms with Gasteiger partial charge in [-0.15, -0.1) is 11.3 Å². The van der Waals surface area contributed by atoms with Crippen molar-refractivity contribution in [1.82, 2.24) is 0 Å². The molecule has 220 valence electrons.